The van der Waals surface area contributed by atoms with E-state index in [9.17, 15) is 4.39 Å². The van der Waals surface area contributed by atoms with E-state index in [1.165, 1.54) is 6.07 Å². The molecule has 1 aliphatic rings. The molecule has 104 valence electrons. The first-order valence-corrected chi connectivity index (χ1v) is 6.85. The van der Waals surface area contributed by atoms with Crippen LogP contribution < -0.4 is 5.73 Å². The number of rotatable bonds is 4. The molecule has 2 N–H and O–H groups in total. The maximum Gasteiger partial charge on any atom is 0.127 e. The Morgan fingerprint density at radius 2 is 2.16 bits per heavy atom. The lowest BCUT2D eigenvalue weighted by atomic mass is 10.1. The molecule has 1 heterocycles. The molecule has 1 fully saturated rings. The van der Waals surface area contributed by atoms with Gasteiger partial charge in [0.25, 0.3) is 0 Å². The van der Waals surface area contributed by atoms with Gasteiger partial charge in [-0.05, 0) is 38.1 Å². The van der Waals surface area contributed by atoms with Crippen LogP contribution in [-0.4, -0.2) is 36.2 Å². The first-order chi connectivity index (χ1) is 9.08. The van der Waals surface area contributed by atoms with E-state index in [1.54, 1.807) is 12.1 Å². The molecule has 0 bridgehead atoms. The Balaban J connectivity index is 2.08. The molecule has 1 aromatic rings. The minimum atomic E-state index is -0.209. The number of ether oxygens (including phenoxy) is 1. The molecular weight excluding hydrogens is 263 g/mol. The standard InChI is InChI=1S/C14H19FN2OS/c1-17(12-4-6-18-7-5-12)9-11-8-10(14(16)19)2-3-13(11)15/h2-3,8,12H,4-7,9H2,1H3,(H2,16,19). The summed E-state index contributed by atoms with van der Waals surface area (Å²) in [6.45, 7) is 2.13. The highest BCUT2D eigenvalue weighted by molar-refractivity contribution is 7.80. The van der Waals surface area contributed by atoms with E-state index < -0.39 is 0 Å². The summed E-state index contributed by atoms with van der Waals surface area (Å²) in [6, 6.07) is 5.24. The lowest BCUT2D eigenvalue weighted by molar-refractivity contribution is 0.0404. The normalized spacial score (nSPS) is 16.8. The molecule has 3 nitrogen and oxygen atoms in total. The van der Waals surface area contributed by atoms with Crippen LogP contribution in [0.1, 0.15) is 24.0 Å². The molecule has 1 saturated heterocycles. The van der Waals surface area contributed by atoms with Crippen LogP contribution in [0, 0.1) is 5.82 Å². The maximum absolute atomic E-state index is 13.8. The third kappa shape index (κ3) is 3.72. The van der Waals surface area contributed by atoms with Gasteiger partial charge in [-0.1, -0.05) is 12.2 Å². The van der Waals surface area contributed by atoms with Gasteiger partial charge in [0.05, 0.1) is 0 Å². The highest BCUT2D eigenvalue weighted by Gasteiger charge is 2.19. The predicted octanol–water partition coefficient (Wildman–Crippen LogP) is 2.07. The molecule has 2 rings (SSSR count). The Hall–Kier alpha value is -1.04. The Labute approximate surface area is 118 Å². The van der Waals surface area contributed by atoms with E-state index in [2.05, 4.69) is 4.90 Å². The van der Waals surface area contributed by atoms with Crippen molar-refractivity contribution in [1.29, 1.82) is 0 Å². The predicted molar refractivity (Wildman–Crippen MR) is 77.6 cm³/mol. The Morgan fingerprint density at radius 3 is 2.79 bits per heavy atom. The summed E-state index contributed by atoms with van der Waals surface area (Å²) in [7, 11) is 2.02. The highest BCUT2D eigenvalue weighted by Crippen LogP contribution is 2.18. The van der Waals surface area contributed by atoms with Crippen molar-refractivity contribution in [2.24, 2.45) is 5.73 Å². The first kappa shape index (κ1) is 14.4. The Bertz CT molecular complexity index is 461. The van der Waals surface area contributed by atoms with Crippen molar-refractivity contribution in [2.45, 2.75) is 25.4 Å². The average molecular weight is 282 g/mol. The fourth-order valence-electron chi connectivity index (χ4n) is 2.37. The number of halogens is 1. The summed E-state index contributed by atoms with van der Waals surface area (Å²) in [5.74, 6) is -0.209. The topological polar surface area (TPSA) is 38.5 Å². The largest absolute Gasteiger partial charge is 0.389 e. The van der Waals surface area contributed by atoms with Gasteiger partial charge in [-0.25, -0.2) is 4.39 Å². The molecule has 0 unspecified atom stereocenters. The third-order valence-electron chi connectivity index (χ3n) is 3.56. The van der Waals surface area contributed by atoms with Crippen molar-refractivity contribution >= 4 is 17.2 Å². The van der Waals surface area contributed by atoms with Gasteiger partial charge in [-0.2, -0.15) is 0 Å². The van der Waals surface area contributed by atoms with Crippen LogP contribution in [0.2, 0.25) is 0 Å². The van der Waals surface area contributed by atoms with E-state index in [1.807, 2.05) is 7.05 Å². The fraction of sp³-hybridized carbons (Fsp3) is 0.500. The molecule has 0 radical (unpaired) electrons. The molecule has 0 aliphatic carbocycles. The third-order valence-corrected chi connectivity index (χ3v) is 3.80. The van der Waals surface area contributed by atoms with Crippen molar-refractivity contribution in [3.05, 3.63) is 35.1 Å². The zero-order chi connectivity index (χ0) is 13.8. The summed E-state index contributed by atoms with van der Waals surface area (Å²) < 4.78 is 19.2. The van der Waals surface area contributed by atoms with Crippen LogP contribution in [0.15, 0.2) is 18.2 Å². The summed E-state index contributed by atoms with van der Waals surface area (Å²) >= 11 is 4.93. The maximum atomic E-state index is 13.8. The van der Waals surface area contributed by atoms with Crippen molar-refractivity contribution in [3.63, 3.8) is 0 Å². The summed E-state index contributed by atoms with van der Waals surface area (Å²) in [5.41, 5.74) is 6.94. The van der Waals surface area contributed by atoms with E-state index in [-0.39, 0.29) is 5.82 Å². The van der Waals surface area contributed by atoms with E-state index >= 15 is 0 Å². The van der Waals surface area contributed by atoms with Gasteiger partial charge in [-0.15, -0.1) is 0 Å². The van der Waals surface area contributed by atoms with Crippen LogP contribution in [0.5, 0.6) is 0 Å². The molecular formula is C14H19FN2OS. The molecule has 1 aliphatic heterocycles. The number of benzene rings is 1. The number of hydrogen-bond acceptors (Lipinski definition) is 3. The molecule has 5 heteroatoms. The molecule has 0 atom stereocenters. The zero-order valence-corrected chi connectivity index (χ0v) is 11.9. The molecule has 0 aromatic heterocycles. The second-order valence-electron chi connectivity index (χ2n) is 4.93. The minimum Gasteiger partial charge on any atom is -0.389 e. The van der Waals surface area contributed by atoms with Crippen molar-refractivity contribution in [3.8, 4) is 0 Å². The van der Waals surface area contributed by atoms with Gasteiger partial charge >= 0.3 is 0 Å². The second kappa shape index (κ2) is 6.41. The van der Waals surface area contributed by atoms with Gasteiger partial charge in [0, 0.05) is 36.9 Å². The van der Waals surface area contributed by atoms with E-state index in [0.717, 1.165) is 26.1 Å². The number of hydrogen-bond donors (Lipinski definition) is 1. The van der Waals surface area contributed by atoms with Crippen LogP contribution in [-0.2, 0) is 11.3 Å². The highest BCUT2D eigenvalue weighted by atomic mass is 32.1. The number of nitrogens with zero attached hydrogens (tertiary/aromatic N) is 1. The monoisotopic (exact) mass is 282 g/mol. The lowest BCUT2D eigenvalue weighted by Gasteiger charge is -2.31. The van der Waals surface area contributed by atoms with Crippen LogP contribution in [0.3, 0.4) is 0 Å². The van der Waals surface area contributed by atoms with Gasteiger partial charge in [0.15, 0.2) is 0 Å². The first-order valence-electron chi connectivity index (χ1n) is 6.44. The smallest absolute Gasteiger partial charge is 0.127 e. The SMILES string of the molecule is CN(Cc1cc(C(N)=S)ccc1F)C1CCOCC1. The van der Waals surface area contributed by atoms with E-state index in [4.69, 9.17) is 22.7 Å². The summed E-state index contributed by atoms with van der Waals surface area (Å²) in [6.07, 6.45) is 1.99. The van der Waals surface area contributed by atoms with Crippen LogP contribution in [0.4, 0.5) is 4.39 Å². The lowest BCUT2D eigenvalue weighted by Crippen LogP contribution is -2.36. The van der Waals surface area contributed by atoms with Crippen molar-refractivity contribution in [1.82, 2.24) is 4.90 Å². The van der Waals surface area contributed by atoms with Gasteiger partial charge in [-0.3, -0.25) is 4.90 Å². The zero-order valence-electron chi connectivity index (χ0n) is 11.1. The average Bonchev–Trinajstić information content (AvgIpc) is 2.42. The number of nitrogens with two attached hydrogens (primary N) is 1. The summed E-state index contributed by atoms with van der Waals surface area (Å²) in [5, 5.41) is 0. The molecule has 0 spiro atoms. The Morgan fingerprint density at radius 1 is 1.47 bits per heavy atom. The summed E-state index contributed by atoms with van der Waals surface area (Å²) in [4.78, 5) is 2.47. The molecule has 0 amide bonds. The van der Waals surface area contributed by atoms with Crippen molar-refractivity contribution in [2.75, 3.05) is 20.3 Å². The van der Waals surface area contributed by atoms with Gasteiger partial charge in [0.1, 0.15) is 10.8 Å². The van der Waals surface area contributed by atoms with Gasteiger partial charge < -0.3 is 10.5 Å². The molecule has 19 heavy (non-hydrogen) atoms. The second-order valence-corrected chi connectivity index (χ2v) is 5.37. The number of thiocarbonyl (C=S) groups is 1. The molecule has 1 aromatic carbocycles. The Kier molecular flexibility index (Phi) is 4.85. The minimum absolute atomic E-state index is 0.209. The van der Waals surface area contributed by atoms with Crippen molar-refractivity contribution < 1.29 is 9.13 Å². The quantitative estimate of drug-likeness (QED) is 0.858. The van der Waals surface area contributed by atoms with Crippen LogP contribution >= 0.6 is 12.2 Å². The fourth-order valence-corrected chi connectivity index (χ4v) is 2.50. The van der Waals surface area contributed by atoms with Crippen LogP contribution in [0.25, 0.3) is 0 Å². The van der Waals surface area contributed by atoms with Gasteiger partial charge in [0.2, 0.25) is 0 Å². The molecule has 0 saturated carbocycles. The van der Waals surface area contributed by atoms with E-state index in [0.29, 0.717) is 28.7 Å².